The Morgan fingerprint density at radius 2 is 1.93 bits per heavy atom. The quantitative estimate of drug-likeness (QED) is 0.514. The molecule has 0 bridgehead atoms. The fraction of sp³-hybridized carbons (Fsp3) is 0.545. The van der Waals surface area contributed by atoms with Gasteiger partial charge in [-0.15, -0.1) is 0 Å². The first-order chi connectivity index (χ1) is 13.5. The molecule has 1 fully saturated rings. The maximum atomic E-state index is 12.9. The van der Waals surface area contributed by atoms with E-state index in [1.54, 1.807) is 17.0 Å². The molecule has 0 radical (unpaired) electrons. The molecule has 1 saturated heterocycles. The maximum absolute atomic E-state index is 12.9. The van der Waals surface area contributed by atoms with E-state index in [-0.39, 0.29) is 11.9 Å². The maximum Gasteiger partial charge on any atom is 0.410 e. The molecule has 1 aromatic heterocycles. The molecular formula is C22H29ClN2O4. The number of ketones is 1. The lowest BCUT2D eigenvalue weighted by Crippen LogP contribution is -2.41. The smallest absolute Gasteiger partial charge is 0.410 e. The SMILES string of the molecule is Cc1cc2c(N)c(Cl)cc(C(=O)CCC3CCN(C(=O)OC(C)(C)C)CC3)c2o1. The number of carbonyl (C=O) groups is 2. The van der Waals surface area contributed by atoms with Crippen LogP contribution in [0.5, 0.6) is 0 Å². The Balaban J connectivity index is 1.58. The molecule has 7 heteroatoms. The van der Waals surface area contributed by atoms with Gasteiger partial charge in [-0.05, 0) is 65.0 Å². The van der Waals surface area contributed by atoms with Crippen molar-refractivity contribution in [3.8, 4) is 0 Å². The van der Waals surface area contributed by atoms with E-state index in [9.17, 15) is 9.59 Å². The summed E-state index contributed by atoms with van der Waals surface area (Å²) in [6, 6.07) is 3.41. The van der Waals surface area contributed by atoms with Crippen LogP contribution in [-0.4, -0.2) is 35.5 Å². The summed E-state index contributed by atoms with van der Waals surface area (Å²) in [6.07, 6.45) is 2.64. The van der Waals surface area contributed by atoms with Crippen LogP contribution in [0.25, 0.3) is 11.0 Å². The van der Waals surface area contributed by atoms with Crippen molar-refractivity contribution in [3.05, 3.63) is 28.5 Å². The van der Waals surface area contributed by atoms with E-state index < -0.39 is 5.60 Å². The van der Waals surface area contributed by atoms with Gasteiger partial charge in [0.05, 0.1) is 16.3 Å². The normalized spacial score (nSPS) is 15.7. The van der Waals surface area contributed by atoms with Gasteiger partial charge in [-0.1, -0.05) is 11.6 Å². The molecule has 0 spiro atoms. The van der Waals surface area contributed by atoms with Crippen molar-refractivity contribution < 1.29 is 18.7 Å². The number of nitrogen functional groups attached to an aromatic ring is 1. The Labute approximate surface area is 176 Å². The van der Waals surface area contributed by atoms with Crippen molar-refractivity contribution in [1.82, 2.24) is 4.90 Å². The number of hydrogen-bond acceptors (Lipinski definition) is 5. The van der Waals surface area contributed by atoms with Gasteiger partial charge in [-0.2, -0.15) is 0 Å². The number of anilines is 1. The average molecular weight is 421 g/mol. The van der Waals surface area contributed by atoms with Gasteiger partial charge in [0, 0.05) is 24.9 Å². The molecule has 1 aliphatic heterocycles. The first-order valence-electron chi connectivity index (χ1n) is 10.0. The molecule has 0 atom stereocenters. The van der Waals surface area contributed by atoms with Crippen LogP contribution in [0.15, 0.2) is 16.5 Å². The highest BCUT2D eigenvalue weighted by Gasteiger charge is 2.27. The Kier molecular flexibility index (Phi) is 6.13. The summed E-state index contributed by atoms with van der Waals surface area (Å²) in [4.78, 5) is 26.8. The Morgan fingerprint density at radius 3 is 2.55 bits per heavy atom. The highest BCUT2D eigenvalue weighted by atomic mass is 35.5. The molecule has 2 N–H and O–H groups in total. The third-order valence-corrected chi connectivity index (χ3v) is 5.58. The lowest BCUT2D eigenvalue weighted by Gasteiger charge is -2.33. The summed E-state index contributed by atoms with van der Waals surface area (Å²) in [5.74, 6) is 1.09. The van der Waals surface area contributed by atoms with Gasteiger partial charge in [0.25, 0.3) is 0 Å². The molecule has 1 aliphatic rings. The van der Waals surface area contributed by atoms with Gasteiger partial charge in [0.2, 0.25) is 0 Å². The van der Waals surface area contributed by atoms with E-state index >= 15 is 0 Å². The number of aryl methyl sites for hydroxylation is 1. The monoisotopic (exact) mass is 420 g/mol. The number of furan rings is 1. The summed E-state index contributed by atoms with van der Waals surface area (Å²) >= 11 is 6.22. The van der Waals surface area contributed by atoms with Crippen molar-refractivity contribution in [3.63, 3.8) is 0 Å². The van der Waals surface area contributed by atoms with Gasteiger partial charge < -0.3 is 19.8 Å². The molecule has 2 heterocycles. The molecule has 1 aromatic carbocycles. The second-order valence-electron chi connectivity index (χ2n) is 8.79. The fourth-order valence-corrected chi connectivity index (χ4v) is 3.93. The average Bonchev–Trinajstić information content (AvgIpc) is 3.03. The Morgan fingerprint density at radius 1 is 1.28 bits per heavy atom. The number of nitrogens with two attached hydrogens (primary N) is 1. The van der Waals surface area contributed by atoms with Crippen LogP contribution in [0.2, 0.25) is 5.02 Å². The van der Waals surface area contributed by atoms with Crippen molar-refractivity contribution >= 4 is 40.1 Å². The second-order valence-corrected chi connectivity index (χ2v) is 9.20. The number of piperidine rings is 1. The highest BCUT2D eigenvalue weighted by molar-refractivity contribution is 6.35. The van der Waals surface area contributed by atoms with Crippen LogP contribution in [0, 0.1) is 12.8 Å². The number of benzene rings is 1. The van der Waals surface area contributed by atoms with E-state index in [0.29, 0.717) is 58.4 Å². The number of likely N-dealkylation sites (tertiary alicyclic amines) is 1. The molecule has 0 saturated carbocycles. The zero-order chi connectivity index (χ0) is 21.3. The molecular weight excluding hydrogens is 392 g/mol. The zero-order valence-electron chi connectivity index (χ0n) is 17.5. The first kappa shape index (κ1) is 21.5. The minimum Gasteiger partial charge on any atom is -0.461 e. The number of fused-ring (bicyclic) bond motifs is 1. The molecule has 6 nitrogen and oxygen atoms in total. The van der Waals surface area contributed by atoms with Gasteiger partial charge in [0.1, 0.15) is 16.9 Å². The number of hydrogen-bond donors (Lipinski definition) is 1. The fourth-order valence-electron chi connectivity index (χ4n) is 3.72. The number of Topliss-reactive ketones (excluding diaryl/α,β-unsaturated/α-hetero) is 1. The predicted octanol–water partition coefficient (Wildman–Crippen LogP) is 5.59. The minimum absolute atomic E-state index is 0.000761. The van der Waals surface area contributed by atoms with Crippen LogP contribution in [0.1, 0.15) is 62.6 Å². The van der Waals surface area contributed by atoms with E-state index in [4.69, 9.17) is 26.5 Å². The zero-order valence-corrected chi connectivity index (χ0v) is 18.3. The topological polar surface area (TPSA) is 85.8 Å². The standard InChI is InChI=1S/C22H29ClN2O4/c1-13-11-16-19(24)17(23)12-15(20(16)28-13)18(26)6-5-14-7-9-25(10-8-14)21(27)29-22(2,3)4/h11-12,14H,5-10,24H2,1-4H3. The van der Waals surface area contributed by atoms with Gasteiger partial charge >= 0.3 is 6.09 Å². The third-order valence-electron chi connectivity index (χ3n) is 5.26. The van der Waals surface area contributed by atoms with Crippen LogP contribution >= 0.6 is 11.6 Å². The van der Waals surface area contributed by atoms with Crippen molar-refractivity contribution in [2.24, 2.45) is 5.92 Å². The van der Waals surface area contributed by atoms with Gasteiger partial charge in [-0.3, -0.25) is 4.79 Å². The first-order valence-corrected chi connectivity index (χ1v) is 10.4. The summed E-state index contributed by atoms with van der Waals surface area (Å²) in [6.45, 7) is 8.73. The molecule has 0 unspecified atom stereocenters. The third kappa shape index (κ3) is 5.04. The van der Waals surface area contributed by atoms with Crippen molar-refractivity contribution in [2.45, 2.75) is 59.0 Å². The van der Waals surface area contributed by atoms with E-state index in [2.05, 4.69) is 0 Å². The second kappa shape index (κ2) is 8.27. The predicted molar refractivity (Wildman–Crippen MR) is 114 cm³/mol. The van der Waals surface area contributed by atoms with E-state index in [0.717, 1.165) is 19.3 Å². The van der Waals surface area contributed by atoms with Crippen LogP contribution in [0.4, 0.5) is 10.5 Å². The number of amides is 1. The molecule has 2 aromatic rings. The van der Waals surface area contributed by atoms with Crippen LogP contribution < -0.4 is 5.73 Å². The number of nitrogens with zero attached hydrogens (tertiary/aromatic N) is 1. The van der Waals surface area contributed by atoms with Gasteiger partial charge in [-0.25, -0.2) is 4.79 Å². The summed E-state index contributed by atoms with van der Waals surface area (Å²) in [5, 5.41) is 1.05. The minimum atomic E-state index is -0.490. The lowest BCUT2D eigenvalue weighted by molar-refractivity contribution is 0.0180. The molecule has 0 aliphatic carbocycles. The van der Waals surface area contributed by atoms with Crippen LogP contribution in [0.3, 0.4) is 0 Å². The number of ether oxygens (including phenoxy) is 1. The molecule has 158 valence electrons. The summed E-state index contributed by atoms with van der Waals surface area (Å²) in [5.41, 5.74) is 6.96. The summed E-state index contributed by atoms with van der Waals surface area (Å²) < 4.78 is 11.1. The molecule has 29 heavy (non-hydrogen) atoms. The lowest BCUT2D eigenvalue weighted by atomic mass is 9.90. The number of rotatable bonds is 4. The Bertz CT molecular complexity index is 921. The number of carbonyl (C=O) groups excluding carboxylic acids is 2. The van der Waals surface area contributed by atoms with E-state index in [1.165, 1.54) is 0 Å². The van der Waals surface area contributed by atoms with Crippen molar-refractivity contribution in [2.75, 3.05) is 18.8 Å². The largest absolute Gasteiger partial charge is 0.461 e. The summed E-state index contributed by atoms with van der Waals surface area (Å²) in [7, 11) is 0. The van der Waals surface area contributed by atoms with Crippen molar-refractivity contribution in [1.29, 1.82) is 0 Å². The molecule has 3 rings (SSSR count). The van der Waals surface area contributed by atoms with E-state index in [1.807, 2.05) is 27.7 Å². The number of halogens is 1. The van der Waals surface area contributed by atoms with Gasteiger partial charge in [0.15, 0.2) is 5.78 Å². The van der Waals surface area contributed by atoms with Crippen LogP contribution in [-0.2, 0) is 4.74 Å². The molecule has 1 amide bonds. The highest BCUT2D eigenvalue weighted by Crippen LogP contribution is 2.35. The Hall–Kier alpha value is -2.21.